The van der Waals surface area contributed by atoms with Crippen molar-refractivity contribution < 1.29 is 14.1 Å². The van der Waals surface area contributed by atoms with E-state index in [1.165, 1.54) is 17.0 Å². The van der Waals surface area contributed by atoms with Gasteiger partial charge in [0.05, 0.1) is 6.04 Å². The highest BCUT2D eigenvalue weighted by Crippen LogP contribution is 2.16. The molecule has 4 heteroatoms. The third-order valence-electron chi connectivity index (χ3n) is 4.19. The second-order valence-electron chi connectivity index (χ2n) is 6.33. The number of carbonyl (C=O) groups excluding carboxylic acids is 1. The van der Waals surface area contributed by atoms with Crippen molar-refractivity contribution in [1.82, 2.24) is 0 Å². The number of hydrogen-bond donors (Lipinski definition) is 2. The quantitative estimate of drug-likeness (QED) is 0.843. The average molecular weight is 313 g/mol. The molecule has 1 aliphatic rings. The van der Waals surface area contributed by atoms with Crippen molar-refractivity contribution in [3.63, 3.8) is 0 Å². The summed E-state index contributed by atoms with van der Waals surface area (Å²) in [7, 11) is 0. The number of amides is 1. The van der Waals surface area contributed by atoms with Gasteiger partial charge in [-0.15, -0.1) is 0 Å². The molecule has 23 heavy (non-hydrogen) atoms. The lowest BCUT2D eigenvalue weighted by Crippen LogP contribution is -3.13. The molecule has 2 aromatic carbocycles. The van der Waals surface area contributed by atoms with Gasteiger partial charge in [0.1, 0.15) is 12.4 Å². The van der Waals surface area contributed by atoms with Gasteiger partial charge in [0.25, 0.3) is 5.91 Å². The van der Waals surface area contributed by atoms with Gasteiger partial charge in [0.15, 0.2) is 6.54 Å². The number of halogens is 1. The minimum absolute atomic E-state index is 0.0274. The molecule has 1 atom stereocenters. The summed E-state index contributed by atoms with van der Waals surface area (Å²) in [6, 6.07) is 14.9. The zero-order valence-electron chi connectivity index (χ0n) is 13.3. The molecule has 1 saturated carbocycles. The maximum Gasteiger partial charge on any atom is 0.279 e. The van der Waals surface area contributed by atoms with Gasteiger partial charge in [-0.1, -0.05) is 24.3 Å². The van der Waals surface area contributed by atoms with Crippen LogP contribution in [0.2, 0.25) is 0 Å². The Balaban J connectivity index is 1.60. The summed E-state index contributed by atoms with van der Waals surface area (Å²) >= 11 is 0. The summed E-state index contributed by atoms with van der Waals surface area (Å²) in [5.74, 6) is -0.196. The zero-order chi connectivity index (χ0) is 16.2. The van der Waals surface area contributed by atoms with Gasteiger partial charge in [0, 0.05) is 24.1 Å². The number of rotatable bonds is 6. The lowest BCUT2D eigenvalue weighted by atomic mass is 10.2. The van der Waals surface area contributed by atoms with Gasteiger partial charge in [-0.05, 0) is 36.8 Å². The van der Waals surface area contributed by atoms with Crippen molar-refractivity contribution in [2.45, 2.75) is 32.4 Å². The summed E-state index contributed by atoms with van der Waals surface area (Å²) < 4.78 is 13.0. The molecule has 0 aliphatic heterocycles. The van der Waals surface area contributed by atoms with E-state index in [9.17, 15) is 9.18 Å². The predicted octanol–water partition coefficient (Wildman–Crippen LogP) is 2.32. The Kier molecular flexibility index (Phi) is 4.72. The van der Waals surface area contributed by atoms with Crippen LogP contribution in [0.1, 0.15) is 24.0 Å². The molecular formula is C19H22FN2O+. The molecule has 0 radical (unpaired) electrons. The molecule has 0 saturated heterocycles. The van der Waals surface area contributed by atoms with Crippen LogP contribution in [-0.2, 0) is 11.3 Å². The molecule has 0 spiro atoms. The summed E-state index contributed by atoms with van der Waals surface area (Å²) in [5.41, 5.74) is 3.03. The van der Waals surface area contributed by atoms with Crippen LogP contribution in [0, 0.1) is 12.7 Å². The van der Waals surface area contributed by atoms with E-state index in [-0.39, 0.29) is 11.7 Å². The fourth-order valence-corrected chi connectivity index (χ4v) is 2.84. The first-order valence-corrected chi connectivity index (χ1v) is 8.06. The van der Waals surface area contributed by atoms with E-state index < -0.39 is 0 Å². The Morgan fingerprint density at radius 3 is 2.61 bits per heavy atom. The van der Waals surface area contributed by atoms with Crippen LogP contribution >= 0.6 is 0 Å². The fourth-order valence-electron chi connectivity index (χ4n) is 2.84. The highest BCUT2D eigenvalue weighted by atomic mass is 19.1. The average Bonchev–Trinajstić information content (AvgIpc) is 3.33. The SMILES string of the molecule is Cc1cccc(NC(=O)C[NH+](Cc2ccc(F)cc2)C2CC2)c1. The van der Waals surface area contributed by atoms with Crippen molar-refractivity contribution in [3.05, 3.63) is 65.5 Å². The van der Waals surface area contributed by atoms with E-state index in [0.29, 0.717) is 12.6 Å². The smallest absolute Gasteiger partial charge is 0.279 e. The number of nitrogens with one attached hydrogen (secondary N) is 2. The zero-order valence-corrected chi connectivity index (χ0v) is 13.3. The Bertz CT molecular complexity index is 680. The molecule has 3 nitrogen and oxygen atoms in total. The first-order valence-electron chi connectivity index (χ1n) is 8.06. The lowest BCUT2D eigenvalue weighted by molar-refractivity contribution is -0.916. The van der Waals surface area contributed by atoms with E-state index in [2.05, 4.69) is 5.32 Å². The van der Waals surface area contributed by atoms with Gasteiger partial charge < -0.3 is 10.2 Å². The molecular weight excluding hydrogens is 291 g/mol. The van der Waals surface area contributed by atoms with Crippen LogP contribution in [0.15, 0.2) is 48.5 Å². The largest absolute Gasteiger partial charge is 0.321 e. The fraction of sp³-hybridized carbons (Fsp3) is 0.316. The molecule has 1 aliphatic carbocycles. The maximum atomic E-state index is 13.0. The van der Waals surface area contributed by atoms with E-state index in [0.717, 1.165) is 36.2 Å². The van der Waals surface area contributed by atoms with Crippen molar-refractivity contribution in [3.8, 4) is 0 Å². The highest BCUT2D eigenvalue weighted by molar-refractivity contribution is 5.91. The Labute approximate surface area is 136 Å². The van der Waals surface area contributed by atoms with Crippen LogP contribution in [0.4, 0.5) is 10.1 Å². The molecule has 1 unspecified atom stereocenters. The third-order valence-corrected chi connectivity index (χ3v) is 4.19. The van der Waals surface area contributed by atoms with Gasteiger partial charge in [0.2, 0.25) is 0 Å². The number of carbonyl (C=O) groups is 1. The molecule has 2 aromatic rings. The molecule has 1 fully saturated rings. The first kappa shape index (κ1) is 15.7. The monoisotopic (exact) mass is 313 g/mol. The minimum Gasteiger partial charge on any atom is -0.321 e. The first-order chi connectivity index (χ1) is 11.1. The molecule has 0 bridgehead atoms. The minimum atomic E-state index is -0.223. The van der Waals surface area contributed by atoms with E-state index in [1.54, 1.807) is 12.1 Å². The summed E-state index contributed by atoms with van der Waals surface area (Å²) in [5, 5.41) is 2.97. The number of hydrogen-bond acceptors (Lipinski definition) is 1. The number of anilines is 1. The van der Waals surface area contributed by atoms with Gasteiger partial charge in [-0.2, -0.15) is 0 Å². The topological polar surface area (TPSA) is 33.5 Å². The number of benzene rings is 2. The van der Waals surface area contributed by atoms with E-state index in [1.807, 2.05) is 31.2 Å². The van der Waals surface area contributed by atoms with E-state index >= 15 is 0 Å². The van der Waals surface area contributed by atoms with Crippen LogP contribution < -0.4 is 10.2 Å². The van der Waals surface area contributed by atoms with Crippen LogP contribution in [0.25, 0.3) is 0 Å². The molecule has 0 heterocycles. The molecule has 0 aromatic heterocycles. The third kappa shape index (κ3) is 4.63. The molecule has 3 rings (SSSR count). The normalized spacial score (nSPS) is 15.2. The number of quaternary nitrogens is 1. The number of aryl methyl sites for hydroxylation is 1. The summed E-state index contributed by atoms with van der Waals surface area (Å²) in [4.78, 5) is 13.6. The van der Waals surface area contributed by atoms with Gasteiger partial charge in [-0.3, -0.25) is 4.79 Å². The van der Waals surface area contributed by atoms with E-state index in [4.69, 9.17) is 0 Å². The maximum absolute atomic E-state index is 13.0. The van der Waals surface area contributed by atoms with Crippen molar-refractivity contribution >= 4 is 11.6 Å². The van der Waals surface area contributed by atoms with Crippen molar-refractivity contribution in [2.75, 3.05) is 11.9 Å². The molecule has 1 amide bonds. The molecule has 120 valence electrons. The van der Waals surface area contributed by atoms with Crippen LogP contribution in [0.3, 0.4) is 0 Å². The standard InChI is InChI=1S/C19H21FN2O/c1-14-3-2-4-17(11-14)21-19(23)13-22(18-9-10-18)12-15-5-7-16(20)8-6-15/h2-8,11,18H,9-10,12-13H2,1H3,(H,21,23)/p+1. The van der Waals surface area contributed by atoms with Gasteiger partial charge in [-0.25, -0.2) is 4.39 Å². The molecule has 2 N–H and O–H groups in total. The predicted molar refractivity (Wildman–Crippen MR) is 88.8 cm³/mol. The van der Waals surface area contributed by atoms with Gasteiger partial charge >= 0.3 is 0 Å². The van der Waals surface area contributed by atoms with Crippen molar-refractivity contribution in [1.29, 1.82) is 0 Å². The lowest BCUT2D eigenvalue weighted by Gasteiger charge is -2.19. The second-order valence-corrected chi connectivity index (χ2v) is 6.33. The van der Waals surface area contributed by atoms with Crippen molar-refractivity contribution in [2.24, 2.45) is 0 Å². The Hall–Kier alpha value is -2.20. The van der Waals surface area contributed by atoms with Crippen LogP contribution in [-0.4, -0.2) is 18.5 Å². The Morgan fingerprint density at radius 1 is 1.22 bits per heavy atom. The van der Waals surface area contributed by atoms with Crippen LogP contribution in [0.5, 0.6) is 0 Å². The highest BCUT2D eigenvalue weighted by Gasteiger charge is 2.34. The summed E-state index contributed by atoms with van der Waals surface area (Å²) in [6.07, 6.45) is 2.32. The second kappa shape index (κ2) is 6.92. The summed E-state index contributed by atoms with van der Waals surface area (Å²) in [6.45, 7) is 3.20. The Morgan fingerprint density at radius 2 is 1.96 bits per heavy atom.